The summed E-state index contributed by atoms with van der Waals surface area (Å²) >= 11 is 1.63. The summed E-state index contributed by atoms with van der Waals surface area (Å²) in [5.41, 5.74) is 0.434. The van der Waals surface area contributed by atoms with Crippen molar-refractivity contribution in [1.29, 1.82) is 0 Å². The molecule has 0 bridgehead atoms. The van der Waals surface area contributed by atoms with E-state index in [-0.39, 0.29) is 12.1 Å². The molecular weight excluding hydrogens is 300 g/mol. The summed E-state index contributed by atoms with van der Waals surface area (Å²) in [7, 11) is 1.65. The number of nitrogens with zero attached hydrogens (tertiary/aromatic N) is 2. The summed E-state index contributed by atoms with van der Waals surface area (Å²) in [4.78, 5) is 18.6. The molecule has 0 unspecified atom stereocenters. The van der Waals surface area contributed by atoms with Gasteiger partial charge in [-0.25, -0.2) is 4.98 Å². The highest BCUT2D eigenvalue weighted by molar-refractivity contribution is 7.22. The van der Waals surface area contributed by atoms with Gasteiger partial charge in [0.1, 0.15) is 17.4 Å². The molecule has 0 amide bonds. The fourth-order valence-electron chi connectivity index (χ4n) is 2.21. The molecule has 0 radical (unpaired) electrons. The van der Waals surface area contributed by atoms with Crippen molar-refractivity contribution < 1.29 is 14.3 Å². The molecule has 0 N–H and O–H groups in total. The molecule has 1 fully saturated rings. The number of thiazole rings is 1. The molecule has 1 saturated heterocycles. The second-order valence-corrected chi connectivity index (χ2v) is 7.49. The van der Waals surface area contributed by atoms with Gasteiger partial charge in [-0.15, -0.1) is 0 Å². The number of methoxy groups -OCH3 is 1. The predicted octanol–water partition coefficient (Wildman–Crippen LogP) is 3.08. The zero-order valence-electron chi connectivity index (χ0n) is 13.3. The van der Waals surface area contributed by atoms with E-state index in [0.717, 1.165) is 21.1 Å². The van der Waals surface area contributed by atoms with Crippen molar-refractivity contribution in [1.82, 2.24) is 4.98 Å². The van der Waals surface area contributed by atoms with Gasteiger partial charge in [-0.1, -0.05) is 17.4 Å². The van der Waals surface area contributed by atoms with Crippen LogP contribution in [0.3, 0.4) is 0 Å². The number of ether oxygens (including phenoxy) is 2. The van der Waals surface area contributed by atoms with Crippen molar-refractivity contribution in [3.05, 3.63) is 18.2 Å². The number of aromatic nitrogens is 1. The number of para-hydroxylation sites is 1. The predicted molar refractivity (Wildman–Crippen MR) is 87.7 cm³/mol. The Morgan fingerprint density at radius 3 is 2.73 bits per heavy atom. The van der Waals surface area contributed by atoms with Gasteiger partial charge in [0.2, 0.25) is 0 Å². The summed E-state index contributed by atoms with van der Waals surface area (Å²) in [6, 6.07) is 5.92. The minimum Gasteiger partial charge on any atom is -0.494 e. The fraction of sp³-hybridized carbons (Fsp3) is 0.500. The molecule has 0 aliphatic carbocycles. The van der Waals surface area contributed by atoms with E-state index in [0.29, 0.717) is 13.1 Å². The summed E-state index contributed by atoms with van der Waals surface area (Å²) in [5, 5.41) is 0.947. The molecule has 0 saturated carbocycles. The second kappa shape index (κ2) is 5.43. The van der Waals surface area contributed by atoms with Crippen molar-refractivity contribution in [2.24, 2.45) is 5.41 Å². The lowest BCUT2D eigenvalue weighted by Crippen LogP contribution is -2.53. The Hall–Kier alpha value is -1.82. The van der Waals surface area contributed by atoms with Gasteiger partial charge < -0.3 is 14.4 Å². The van der Waals surface area contributed by atoms with E-state index in [4.69, 9.17) is 9.47 Å². The molecule has 1 aromatic heterocycles. The lowest BCUT2D eigenvalue weighted by atomic mass is 9.97. The van der Waals surface area contributed by atoms with Crippen molar-refractivity contribution >= 4 is 32.7 Å². The first kappa shape index (κ1) is 15.1. The van der Waals surface area contributed by atoms with Gasteiger partial charge in [-0.2, -0.15) is 0 Å². The van der Waals surface area contributed by atoms with Crippen LogP contribution in [0.2, 0.25) is 0 Å². The number of fused-ring (bicyclic) bond motifs is 1. The molecule has 6 heteroatoms. The van der Waals surface area contributed by atoms with Crippen LogP contribution in [0.15, 0.2) is 18.2 Å². The molecule has 0 atom stereocenters. The van der Waals surface area contributed by atoms with Crippen LogP contribution in [0, 0.1) is 5.41 Å². The third-order valence-electron chi connectivity index (χ3n) is 3.60. The molecule has 2 aromatic rings. The first-order chi connectivity index (χ1) is 10.4. The van der Waals surface area contributed by atoms with Gasteiger partial charge >= 0.3 is 5.97 Å². The maximum Gasteiger partial charge on any atom is 0.311 e. The summed E-state index contributed by atoms with van der Waals surface area (Å²) in [6.07, 6.45) is -0.0411. The molecular formula is C16H20N2O3S. The Labute approximate surface area is 133 Å². The Morgan fingerprint density at radius 1 is 1.36 bits per heavy atom. The van der Waals surface area contributed by atoms with Crippen molar-refractivity contribution in [2.45, 2.75) is 26.9 Å². The molecule has 3 rings (SSSR count). The summed E-state index contributed by atoms with van der Waals surface area (Å²) < 4.78 is 11.9. The molecule has 22 heavy (non-hydrogen) atoms. The van der Waals surface area contributed by atoms with Crippen LogP contribution in [0.1, 0.15) is 20.8 Å². The van der Waals surface area contributed by atoms with E-state index >= 15 is 0 Å². The van der Waals surface area contributed by atoms with Gasteiger partial charge in [-0.05, 0) is 32.9 Å². The molecule has 118 valence electrons. The second-order valence-electron chi connectivity index (χ2n) is 6.49. The van der Waals surface area contributed by atoms with E-state index < -0.39 is 5.41 Å². The normalized spacial score (nSPS) is 15.7. The van der Waals surface area contributed by atoms with Gasteiger partial charge in [0.15, 0.2) is 5.13 Å². The maximum atomic E-state index is 11.9. The number of esters is 1. The molecule has 1 aliphatic rings. The number of hydrogen-bond acceptors (Lipinski definition) is 6. The number of carbonyl (C=O) groups excluding carboxylic acids is 1. The highest BCUT2D eigenvalue weighted by Crippen LogP contribution is 2.36. The molecule has 0 spiro atoms. The number of rotatable bonds is 3. The number of anilines is 1. The van der Waals surface area contributed by atoms with Crippen LogP contribution < -0.4 is 9.64 Å². The third-order valence-corrected chi connectivity index (χ3v) is 4.68. The Kier molecular flexibility index (Phi) is 3.72. The van der Waals surface area contributed by atoms with Crippen LogP contribution in [0.4, 0.5) is 5.13 Å². The quantitative estimate of drug-likeness (QED) is 0.814. The molecule has 1 aromatic carbocycles. The first-order valence-electron chi connectivity index (χ1n) is 7.28. The SMILES string of the molecule is COc1cccc2sc(N3CC(OC(=O)C(C)(C)C)C3)nc12. The van der Waals surface area contributed by atoms with Crippen LogP contribution in [-0.4, -0.2) is 37.3 Å². The molecule has 5 nitrogen and oxygen atoms in total. The topological polar surface area (TPSA) is 51.7 Å². The lowest BCUT2D eigenvalue weighted by molar-refractivity contribution is -0.159. The highest BCUT2D eigenvalue weighted by atomic mass is 32.1. The largest absolute Gasteiger partial charge is 0.494 e. The highest BCUT2D eigenvalue weighted by Gasteiger charge is 2.35. The monoisotopic (exact) mass is 320 g/mol. The van der Waals surface area contributed by atoms with Gasteiger partial charge in [0.05, 0.1) is 30.3 Å². The smallest absolute Gasteiger partial charge is 0.311 e. The minimum atomic E-state index is -0.455. The lowest BCUT2D eigenvalue weighted by Gasteiger charge is -2.39. The van der Waals surface area contributed by atoms with Crippen molar-refractivity contribution in [3.8, 4) is 5.75 Å². The average molecular weight is 320 g/mol. The van der Waals surface area contributed by atoms with Gasteiger partial charge in [0.25, 0.3) is 0 Å². The van der Waals surface area contributed by atoms with Crippen LogP contribution in [0.25, 0.3) is 10.2 Å². The van der Waals surface area contributed by atoms with E-state index in [1.165, 1.54) is 0 Å². The third kappa shape index (κ3) is 2.75. The van der Waals surface area contributed by atoms with Crippen molar-refractivity contribution in [3.63, 3.8) is 0 Å². The Bertz CT molecular complexity index is 699. The Balaban J connectivity index is 1.67. The zero-order chi connectivity index (χ0) is 15.9. The maximum absolute atomic E-state index is 11.9. The number of benzene rings is 1. The van der Waals surface area contributed by atoms with E-state index in [1.54, 1.807) is 18.4 Å². The van der Waals surface area contributed by atoms with Gasteiger partial charge in [-0.3, -0.25) is 4.79 Å². The Morgan fingerprint density at radius 2 is 2.09 bits per heavy atom. The average Bonchev–Trinajstić information content (AvgIpc) is 2.83. The van der Waals surface area contributed by atoms with E-state index in [2.05, 4.69) is 9.88 Å². The summed E-state index contributed by atoms with van der Waals surface area (Å²) in [6.45, 7) is 7.00. The van der Waals surface area contributed by atoms with Crippen LogP contribution in [0.5, 0.6) is 5.75 Å². The van der Waals surface area contributed by atoms with Crippen LogP contribution >= 0.6 is 11.3 Å². The van der Waals surface area contributed by atoms with Crippen molar-refractivity contribution in [2.75, 3.05) is 25.1 Å². The molecule has 1 aliphatic heterocycles. The number of hydrogen-bond donors (Lipinski definition) is 0. The first-order valence-corrected chi connectivity index (χ1v) is 8.09. The van der Waals surface area contributed by atoms with Crippen LogP contribution in [-0.2, 0) is 9.53 Å². The standard InChI is InChI=1S/C16H20N2O3S/c1-16(2,3)14(19)21-10-8-18(9-10)15-17-13-11(20-4)6-5-7-12(13)22-15/h5-7,10H,8-9H2,1-4H3. The van der Waals surface area contributed by atoms with Gasteiger partial charge in [0, 0.05) is 0 Å². The summed E-state index contributed by atoms with van der Waals surface area (Å²) in [5.74, 6) is 0.638. The molecule has 2 heterocycles. The van der Waals surface area contributed by atoms with E-state index in [1.807, 2.05) is 39.0 Å². The van der Waals surface area contributed by atoms with E-state index in [9.17, 15) is 4.79 Å². The zero-order valence-corrected chi connectivity index (χ0v) is 14.1. The minimum absolute atomic E-state index is 0.0411. The number of carbonyl (C=O) groups is 1. The fourth-order valence-corrected chi connectivity index (χ4v) is 3.21.